The molecule has 0 aromatic rings. The third kappa shape index (κ3) is 4.12. The summed E-state index contributed by atoms with van der Waals surface area (Å²) in [4.78, 5) is 32.9. The molecular weight excluding hydrogens is 216 g/mol. The number of rotatable bonds is 6. The molecule has 16 heavy (non-hydrogen) atoms. The van der Waals surface area contributed by atoms with Gasteiger partial charge < -0.3 is 14.6 Å². The average molecular weight is 230 g/mol. The number of methoxy groups -OCH3 is 1. The van der Waals surface area contributed by atoms with Gasteiger partial charge in [-0.05, 0) is 6.92 Å². The van der Waals surface area contributed by atoms with Crippen molar-refractivity contribution in [3.05, 3.63) is 12.2 Å². The number of carbonyl (C=O) groups excluding carboxylic acids is 2. The fraction of sp³-hybridized carbons (Fsp3) is 0.500. The number of aliphatic carboxylic acids is 1. The van der Waals surface area contributed by atoms with Gasteiger partial charge in [0, 0.05) is 12.0 Å². The lowest BCUT2D eigenvalue weighted by atomic mass is 10.0. The summed E-state index contributed by atoms with van der Waals surface area (Å²) in [5.74, 6) is -4.42. The van der Waals surface area contributed by atoms with E-state index in [2.05, 4.69) is 16.1 Å². The highest BCUT2D eigenvalue weighted by Crippen LogP contribution is 2.13. The van der Waals surface area contributed by atoms with E-state index in [1.807, 2.05) is 0 Å². The van der Waals surface area contributed by atoms with Crippen LogP contribution in [0.4, 0.5) is 0 Å². The Morgan fingerprint density at radius 1 is 1.38 bits per heavy atom. The molecule has 0 rings (SSSR count). The molecule has 0 bridgehead atoms. The zero-order valence-electron chi connectivity index (χ0n) is 9.19. The lowest BCUT2D eigenvalue weighted by Gasteiger charge is -2.10. The van der Waals surface area contributed by atoms with E-state index in [9.17, 15) is 14.4 Å². The molecule has 0 aromatic heterocycles. The van der Waals surface area contributed by atoms with Gasteiger partial charge in [0.2, 0.25) is 0 Å². The smallest absolute Gasteiger partial charge is 0.333 e. The van der Waals surface area contributed by atoms with Crippen molar-refractivity contribution in [3.63, 3.8) is 0 Å². The SMILES string of the molecule is C=C(CC(C(=O)O)C(=O)OC)C(=O)OCC. The number of hydrogen-bond acceptors (Lipinski definition) is 5. The van der Waals surface area contributed by atoms with Crippen LogP contribution in [0.2, 0.25) is 0 Å². The van der Waals surface area contributed by atoms with Crippen LogP contribution in [0.3, 0.4) is 0 Å². The summed E-state index contributed by atoms with van der Waals surface area (Å²) in [6.45, 7) is 5.14. The van der Waals surface area contributed by atoms with Gasteiger partial charge in [0.15, 0.2) is 5.92 Å². The first-order valence-corrected chi connectivity index (χ1v) is 4.59. The van der Waals surface area contributed by atoms with Crippen LogP contribution in [-0.2, 0) is 23.9 Å². The molecule has 0 aliphatic rings. The molecule has 90 valence electrons. The van der Waals surface area contributed by atoms with Crippen molar-refractivity contribution in [2.45, 2.75) is 13.3 Å². The van der Waals surface area contributed by atoms with Crippen molar-refractivity contribution in [1.29, 1.82) is 0 Å². The largest absolute Gasteiger partial charge is 0.481 e. The van der Waals surface area contributed by atoms with Crippen LogP contribution >= 0.6 is 0 Å². The summed E-state index contributed by atoms with van der Waals surface area (Å²) >= 11 is 0. The summed E-state index contributed by atoms with van der Waals surface area (Å²) in [6, 6.07) is 0. The lowest BCUT2D eigenvalue weighted by molar-refractivity contribution is -0.156. The minimum Gasteiger partial charge on any atom is -0.481 e. The molecule has 0 saturated carbocycles. The number of esters is 2. The minimum absolute atomic E-state index is 0.0698. The van der Waals surface area contributed by atoms with Crippen molar-refractivity contribution in [2.24, 2.45) is 5.92 Å². The van der Waals surface area contributed by atoms with Crippen LogP contribution in [0.15, 0.2) is 12.2 Å². The van der Waals surface area contributed by atoms with Gasteiger partial charge in [-0.15, -0.1) is 0 Å². The Hall–Kier alpha value is -1.85. The Balaban J connectivity index is 4.53. The molecule has 6 heteroatoms. The van der Waals surface area contributed by atoms with Gasteiger partial charge in [-0.25, -0.2) is 4.79 Å². The Labute approximate surface area is 92.8 Å². The zero-order chi connectivity index (χ0) is 12.7. The summed E-state index contributed by atoms with van der Waals surface area (Å²) < 4.78 is 8.92. The van der Waals surface area contributed by atoms with E-state index in [4.69, 9.17) is 5.11 Å². The molecule has 0 fully saturated rings. The van der Waals surface area contributed by atoms with Gasteiger partial charge in [0.1, 0.15) is 0 Å². The van der Waals surface area contributed by atoms with E-state index in [0.29, 0.717) is 0 Å². The summed E-state index contributed by atoms with van der Waals surface area (Å²) in [5, 5.41) is 8.74. The third-order valence-electron chi connectivity index (χ3n) is 1.80. The maximum Gasteiger partial charge on any atom is 0.333 e. The molecule has 0 amide bonds. The van der Waals surface area contributed by atoms with E-state index < -0.39 is 23.8 Å². The van der Waals surface area contributed by atoms with Crippen molar-refractivity contribution in [2.75, 3.05) is 13.7 Å². The maximum atomic E-state index is 11.1. The van der Waals surface area contributed by atoms with Crippen molar-refractivity contribution in [1.82, 2.24) is 0 Å². The predicted molar refractivity (Wildman–Crippen MR) is 53.5 cm³/mol. The first-order chi connectivity index (χ1) is 7.43. The van der Waals surface area contributed by atoms with Gasteiger partial charge >= 0.3 is 17.9 Å². The summed E-state index contributed by atoms with van der Waals surface area (Å²) in [6.07, 6.45) is -0.319. The molecule has 0 heterocycles. The van der Waals surface area contributed by atoms with Crippen molar-refractivity contribution in [3.8, 4) is 0 Å². The molecule has 0 aliphatic carbocycles. The van der Waals surface area contributed by atoms with Gasteiger partial charge in [-0.1, -0.05) is 6.58 Å². The van der Waals surface area contributed by atoms with Crippen LogP contribution in [0, 0.1) is 5.92 Å². The second-order valence-corrected chi connectivity index (χ2v) is 2.94. The number of carboxylic acid groups (broad SMARTS) is 1. The Morgan fingerprint density at radius 3 is 2.31 bits per heavy atom. The topological polar surface area (TPSA) is 89.9 Å². The van der Waals surface area contributed by atoms with E-state index in [1.54, 1.807) is 6.92 Å². The number of ether oxygens (including phenoxy) is 2. The Bertz CT molecular complexity index is 306. The van der Waals surface area contributed by atoms with Crippen molar-refractivity contribution >= 4 is 17.9 Å². The van der Waals surface area contributed by atoms with Crippen LogP contribution in [0.1, 0.15) is 13.3 Å². The fourth-order valence-corrected chi connectivity index (χ4v) is 0.977. The normalized spacial score (nSPS) is 11.4. The van der Waals surface area contributed by atoms with Crippen molar-refractivity contribution < 1.29 is 29.0 Å². The van der Waals surface area contributed by atoms with Gasteiger partial charge in [0.05, 0.1) is 13.7 Å². The van der Waals surface area contributed by atoms with Crippen LogP contribution in [0.5, 0.6) is 0 Å². The van der Waals surface area contributed by atoms with E-state index in [1.165, 1.54) is 0 Å². The van der Waals surface area contributed by atoms with Crippen LogP contribution in [-0.4, -0.2) is 36.7 Å². The standard InChI is InChI=1S/C10H14O6/c1-4-16-9(13)6(2)5-7(8(11)12)10(14)15-3/h7H,2,4-5H2,1,3H3,(H,11,12). The predicted octanol–water partition coefficient (Wildman–Crippen LogP) is 0.370. The molecule has 0 aliphatic heterocycles. The quantitative estimate of drug-likeness (QED) is 0.403. The highest BCUT2D eigenvalue weighted by Gasteiger charge is 2.29. The summed E-state index contributed by atoms with van der Waals surface area (Å²) in [5.41, 5.74) is -0.0698. The minimum atomic E-state index is -1.43. The van der Waals surface area contributed by atoms with E-state index in [-0.39, 0.29) is 18.6 Å². The van der Waals surface area contributed by atoms with E-state index >= 15 is 0 Å². The van der Waals surface area contributed by atoms with Gasteiger partial charge in [-0.3, -0.25) is 9.59 Å². The van der Waals surface area contributed by atoms with Gasteiger partial charge in [-0.2, -0.15) is 0 Å². The molecule has 1 atom stereocenters. The monoisotopic (exact) mass is 230 g/mol. The van der Waals surface area contributed by atoms with Crippen LogP contribution < -0.4 is 0 Å². The average Bonchev–Trinajstić information content (AvgIpc) is 2.24. The molecular formula is C10H14O6. The molecule has 0 saturated heterocycles. The molecule has 0 aromatic carbocycles. The second kappa shape index (κ2) is 6.60. The molecule has 1 unspecified atom stereocenters. The number of carbonyl (C=O) groups is 3. The maximum absolute atomic E-state index is 11.1. The third-order valence-corrected chi connectivity index (χ3v) is 1.80. The first kappa shape index (κ1) is 14.2. The number of carboxylic acids is 1. The van der Waals surface area contributed by atoms with Crippen LogP contribution in [0.25, 0.3) is 0 Å². The summed E-state index contributed by atoms with van der Waals surface area (Å²) in [7, 11) is 1.07. The molecule has 6 nitrogen and oxygen atoms in total. The Morgan fingerprint density at radius 2 is 1.94 bits per heavy atom. The molecule has 1 N–H and O–H groups in total. The molecule has 0 radical (unpaired) electrons. The van der Waals surface area contributed by atoms with E-state index in [0.717, 1.165) is 7.11 Å². The fourth-order valence-electron chi connectivity index (χ4n) is 0.977. The second-order valence-electron chi connectivity index (χ2n) is 2.94. The number of hydrogen-bond donors (Lipinski definition) is 1. The lowest BCUT2D eigenvalue weighted by Crippen LogP contribution is -2.26. The Kier molecular flexibility index (Phi) is 5.84. The highest BCUT2D eigenvalue weighted by atomic mass is 16.5. The van der Waals surface area contributed by atoms with Gasteiger partial charge in [0.25, 0.3) is 0 Å². The zero-order valence-corrected chi connectivity index (χ0v) is 9.19. The molecule has 0 spiro atoms. The first-order valence-electron chi connectivity index (χ1n) is 4.59. The highest BCUT2D eigenvalue weighted by molar-refractivity contribution is 5.96.